The summed E-state index contributed by atoms with van der Waals surface area (Å²) in [7, 11) is 0. The summed E-state index contributed by atoms with van der Waals surface area (Å²) in [5.74, 6) is -1.15. The molecule has 1 aromatic heterocycles. The smallest absolute Gasteiger partial charge is 0.349 e. The molecule has 3 heterocycles. The maximum absolute atomic E-state index is 14.7. The third-order valence-electron chi connectivity index (χ3n) is 4.91. The zero-order chi connectivity index (χ0) is 20.6. The number of carbonyl (C=O) groups is 1. The van der Waals surface area contributed by atoms with Gasteiger partial charge in [0.15, 0.2) is 5.79 Å². The molecule has 2 fully saturated rings. The van der Waals surface area contributed by atoms with Gasteiger partial charge in [0, 0.05) is 18.2 Å². The molecule has 4 atom stereocenters. The second-order valence-corrected chi connectivity index (χ2v) is 7.50. The Bertz CT molecular complexity index is 949. The highest BCUT2D eigenvalue weighted by molar-refractivity contribution is 6.03. The van der Waals surface area contributed by atoms with Gasteiger partial charge >= 0.3 is 5.69 Å². The molecule has 9 heteroatoms. The lowest BCUT2D eigenvalue weighted by atomic mass is 10.0. The highest BCUT2D eigenvalue weighted by atomic mass is 19.1. The van der Waals surface area contributed by atoms with Crippen LogP contribution < -0.4 is 11.0 Å². The van der Waals surface area contributed by atoms with Gasteiger partial charge in [0.2, 0.25) is 0 Å². The molecule has 29 heavy (non-hydrogen) atoms. The maximum Gasteiger partial charge on any atom is 0.351 e. The fraction of sp³-hybridized carbons (Fsp3) is 0.450. The van der Waals surface area contributed by atoms with Gasteiger partial charge in [-0.2, -0.15) is 4.98 Å². The second-order valence-electron chi connectivity index (χ2n) is 7.50. The molecular weight excluding hydrogens is 381 g/mol. The topological polar surface area (TPSA) is 91.7 Å². The molecule has 2 aromatic rings. The molecule has 154 valence electrons. The van der Waals surface area contributed by atoms with Crippen LogP contribution in [0.4, 0.5) is 10.2 Å². The van der Waals surface area contributed by atoms with Crippen molar-refractivity contribution in [3.05, 3.63) is 58.6 Å². The maximum atomic E-state index is 14.7. The molecule has 0 saturated carbocycles. The number of carbonyl (C=O) groups excluding carboxylic acids is 1. The van der Waals surface area contributed by atoms with Gasteiger partial charge in [-0.05, 0) is 32.0 Å². The van der Waals surface area contributed by atoms with E-state index in [0.717, 1.165) is 0 Å². The first-order chi connectivity index (χ1) is 13.8. The Morgan fingerprint density at radius 3 is 2.76 bits per heavy atom. The molecule has 0 spiro atoms. The van der Waals surface area contributed by atoms with Crippen molar-refractivity contribution >= 4 is 11.7 Å². The fourth-order valence-electron chi connectivity index (χ4n) is 3.48. The van der Waals surface area contributed by atoms with Gasteiger partial charge in [0.25, 0.3) is 5.91 Å². The quantitative estimate of drug-likeness (QED) is 0.845. The first-order valence-corrected chi connectivity index (χ1v) is 9.39. The van der Waals surface area contributed by atoms with E-state index in [2.05, 4.69) is 10.3 Å². The molecule has 0 unspecified atom stereocenters. The van der Waals surface area contributed by atoms with Crippen LogP contribution in [0.1, 0.15) is 36.9 Å². The third kappa shape index (κ3) is 4.21. The number of amides is 1. The van der Waals surface area contributed by atoms with Gasteiger partial charge in [-0.15, -0.1) is 0 Å². The number of ether oxygens (including phenoxy) is 3. The summed E-state index contributed by atoms with van der Waals surface area (Å²) >= 11 is 0. The Hall–Kier alpha value is -2.62. The van der Waals surface area contributed by atoms with Gasteiger partial charge in [-0.3, -0.25) is 9.36 Å². The number of rotatable bonds is 3. The zero-order valence-corrected chi connectivity index (χ0v) is 16.1. The summed E-state index contributed by atoms with van der Waals surface area (Å²) in [5.41, 5.74) is -0.204. The number of nitrogens with one attached hydrogen (secondary N) is 1. The highest BCUT2D eigenvalue weighted by Gasteiger charge is 2.47. The Balaban J connectivity index is 1.47. The molecular formula is C20H22FN3O5. The molecule has 1 N–H and O–H groups in total. The van der Waals surface area contributed by atoms with E-state index in [9.17, 15) is 14.0 Å². The molecule has 1 amide bonds. The average molecular weight is 403 g/mol. The monoisotopic (exact) mass is 403 g/mol. The number of hydrogen-bond donors (Lipinski definition) is 1. The standard InChI is InChI=1S/C20H22FN3O5/c1-20(2)27-11-14-17(29-20)13(21)10-16(28-14)24-9-8-15(23-19(24)26)22-18(25)12-6-4-3-5-7-12/h3-9,13-14,16-17H,10-11H2,1-2H3,(H,22,23,25,26)/t13-,14-,16-,17+/m1/s1. The van der Waals surface area contributed by atoms with Crippen LogP contribution in [-0.2, 0) is 14.2 Å². The van der Waals surface area contributed by atoms with Crippen molar-refractivity contribution in [2.24, 2.45) is 0 Å². The van der Waals surface area contributed by atoms with E-state index in [4.69, 9.17) is 14.2 Å². The van der Waals surface area contributed by atoms with Gasteiger partial charge in [-0.25, -0.2) is 9.18 Å². The first kappa shape index (κ1) is 19.7. The van der Waals surface area contributed by atoms with Crippen molar-refractivity contribution in [1.29, 1.82) is 0 Å². The third-order valence-corrected chi connectivity index (χ3v) is 4.91. The normalized spacial score (nSPS) is 28.4. The van der Waals surface area contributed by atoms with Gasteiger partial charge < -0.3 is 19.5 Å². The number of fused-ring (bicyclic) bond motifs is 1. The van der Waals surface area contributed by atoms with Crippen LogP contribution in [0.3, 0.4) is 0 Å². The highest BCUT2D eigenvalue weighted by Crippen LogP contribution is 2.36. The number of hydrogen-bond acceptors (Lipinski definition) is 6. The van der Waals surface area contributed by atoms with E-state index < -0.39 is 36.1 Å². The number of anilines is 1. The molecule has 0 radical (unpaired) electrons. The molecule has 8 nitrogen and oxygen atoms in total. The van der Waals surface area contributed by atoms with Crippen molar-refractivity contribution in [3.63, 3.8) is 0 Å². The second kappa shape index (κ2) is 7.66. The Kier molecular flexibility index (Phi) is 5.20. The van der Waals surface area contributed by atoms with Crippen molar-refractivity contribution in [2.45, 2.75) is 50.7 Å². The lowest BCUT2D eigenvalue weighted by Crippen LogP contribution is -2.57. The molecule has 2 saturated heterocycles. The van der Waals surface area contributed by atoms with Crippen molar-refractivity contribution in [3.8, 4) is 0 Å². The average Bonchev–Trinajstić information content (AvgIpc) is 2.69. The summed E-state index contributed by atoms with van der Waals surface area (Å²) in [6, 6.07) is 10.1. The zero-order valence-electron chi connectivity index (χ0n) is 16.1. The minimum atomic E-state index is -1.31. The number of halogens is 1. The fourth-order valence-corrected chi connectivity index (χ4v) is 3.48. The van der Waals surface area contributed by atoms with E-state index in [0.29, 0.717) is 5.56 Å². The minimum Gasteiger partial charge on any atom is -0.349 e. The molecule has 1 aromatic carbocycles. The minimum absolute atomic E-state index is 0.0471. The number of benzene rings is 1. The van der Waals surface area contributed by atoms with Crippen LogP contribution in [-0.4, -0.2) is 46.2 Å². The molecule has 0 aliphatic carbocycles. The predicted molar refractivity (Wildman–Crippen MR) is 101 cm³/mol. The first-order valence-electron chi connectivity index (χ1n) is 9.39. The summed E-state index contributed by atoms with van der Waals surface area (Å²) in [6.07, 6.45) is -2.13. The lowest BCUT2D eigenvalue weighted by Gasteiger charge is -2.46. The lowest BCUT2D eigenvalue weighted by molar-refractivity contribution is -0.344. The Labute approximate surface area is 166 Å². The van der Waals surface area contributed by atoms with E-state index in [-0.39, 0.29) is 24.8 Å². The molecule has 2 aliphatic heterocycles. The van der Waals surface area contributed by atoms with Gasteiger partial charge in [0.1, 0.15) is 30.4 Å². The van der Waals surface area contributed by atoms with E-state index in [1.807, 2.05) is 0 Å². The Morgan fingerprint density at radius 2 is 2.03 bits per heavy atom. The van der Waals surface area contributed by atoms with Crippen LogP contribution in [0.5, 0.6) is 0 Å². The molecule has 0 bridgehead atoms. The van der Waals surface area contributed by atoms with E-state index >= 15 is 0 Å². The largest absolute Gasteiger partial charge is 0.351 e. The Morgan fingerprint density at radius 1 is 1.28 bits per heavy atom. The van der Waals surface area contributed by atoms with Crippen molar-refractivity contribution < 1.29 is 23.4 Å². The van der Waals surface area contributed by atoms with Crippen LogP contribution >= 0.6 is 0 Å². The van der Waals surface area contributed by atoms with Crippen LogP contribution in [0, 0.1) is 0 Å². The summed E-state index contributed by atoms with van der Waals surface area (Å²) in [4.78, 5) is 28.5. The van der Waals surface area contributed by atoms with Crippen LogP contribution in [0.2, 0.25) is 0 Å². The van der Waals surface area contributed by atoms with E-state index in [1.165, 1.54) is 16.8 Å². The summed E-state index contributed by atoms with van der Waals surface area (Å²) in [5, 5.41) is 2.57. The molecule has 4 rings (SSSR count). The van der Waals surface area contributed by atoms with Crippen molar-refractivity contribution in [1.82, 2.24) is 9.55 Å². The van der Waals surface area contributed by atoms with Crippen LogP contribution in [0.25, 0.3) is 0 Å². The molecule has 2 aliphatic rings. The number of nitrogens with zero attached hydrogens (tertiary/aromatic N) is 2. The van der Waals surface area contributed by atoms with Gasteiger partial charge in [-0.1, -0.05) is 18.2 Å². The SMILES string of the molecule is CC1(C)OC[C@H]2O[C@@H](n3ccc(NC(=O)c4ccccc4)nc3=O)C[C@@H](F)[C@@H]2O1. The summed E-state index contributed by atoms with van der Waals surface area (Å²) in [6.45, 7) is 3.61. The van der Waals surface area contributed by atoms with Crippen molar-refractivity contribution in [2.75, 3.05) is 11.9 Å². The van der Waals surface area contributed by atoms with Crippen LogP contribution in [0.15, 0.2) is 47.4 Å². The predicted octanol–water partition coefficient (Wildman–Crippen LogP) is 2.27. The summed E-state index contributed by atoms with van der Waals surface area (Å²) < 4.78 is 33.0. The number of alkyl halides is 1. The number of aromatic nitrogens is 2. The van der Waals surface area contributed by atoms with Gasteiger partial charge in [0.05, 0.1) is 6.61 Å². The van der Waals surface area contributed by atoms with E-state index in [1.54, 1.807) is 44.2 Å².